The van der Waals surface area contributed by atoms with Gasteiger partial charge in [0.2, 0.25) is 0 Å². The van der Waals surface area contributed by atoms with Crippen LogP contribution in [0.5, 0.6) is 23.0 Å². The first kappa shape index (κ1) is 85.1. The van der Waals surface area contributed by atoms with Crippen LogP contribution >= 0.6 is 34.8 Å². The van der Waals surface area contributed by atoms with E-state index in [2.05, 4.69) is 114 Å². The summed E-state index contributed by atoms with van der Waals surface area (Å²) in [5, 5.41) is 40.2. The van der Waals surface area contributed by atoms with E-state index in [1.54, 1.807) is 85.3 Å². The molecule has 4 fully saturated rings. The van der Waals surface area contributed by atoms with Gasteiger partial charge >= 0.3 is 0 Å². The fraction of sp³-hybridized carbons (Fsp3) is 0.424. The molecule has 0 atom stereocenters. The number of Topliss-reactive ketones (excluding diaryl/α,β-unsaturated/α-hetero) is 3. The first-order chi connectivity index (χ1) is 53.0. The molecule has 0 spiro atoms. The summed E-state index contributed by atoms with van der Waals surface area (Å²) in [4.78, 5) is 63.2. The number of halogens is 3. The molecule has 6 aromatic carbocycles. The predicted molar refractivity (Wildman–Crippen MR) is 435 cm³/mol. The number of ketones is 3. The van der Waals surface area contributed by atoms with Crippen LogP contribution in [0.3, 0.4) is 0 Å². The van der Waals surface area contributed by atoms with Gasteiger partial charge in [0.05, 0.1) is 61.7 Å². The van der Waals surface area contributed by atoms with Gasteiger partial charge in [-0.2, -0.15) is 21.0 Å². The molecule has 0 unspecified atom stereocenters. The molecule has 2 heterocycles. The minimum Gasteiger partial charge on any atom is -0.490 e. The zero-order chi connectivity index (χ0) is 80.1. The summed E-state index contributed by atoms with van der Waals surface area (Å²) in [5.41, 5.74) is 8.14. The number of rotatable bonds is 22. The van der Waals surface area contributed by atoms with Gasteiger partial charge in [-0.05, 0) is 216 Å². The normalized spacial score (nSPS) is 20.0. The molecular formula is C92H101Cl3N8O8. The Morgan fingerprint density at radius 2 is 0.820 bits per heavy atom. The van der Waals surface area contributed by atoms with Crippen molar-refractivity contribution < 1.29 is 38.1 Å². The molecule has 19 heteroatoms. The zero-order valence-corrected chi connectivity index (χ0v) is 67.8. The van der Waals surface area contributed by atoms with Crippen LogP contribution in [0, 0.1) is 80.8 Å². The number of hydrogen-bond acceptors (Lipinski definition) is 15. The van der Waals surface area contributed by atoms with Crippen molar-refractivity contribution in [2.75, 3.05) is 0 Å². The maximum Gasteiger partial charge on any atom is 0.251 e. The summed E-state index contributed by atoms with van der Waals surface area (Å²) in [7, 11) is 0. The van der Waals surface area contributed by atoms with Crippen LogP contribution in [0.15, 0.2) is 158 Å². The van der Waals surface area contributed by atoms with Gasteiger partial charge in [0.1, 0.15) is 47.3 Å². The number of nitriles is 4. The van der Waals surface area contributed by atoms with Crippen molar-refractivity contribution in [3.63, 3.8) is 0 Å². The molecule has 4 aliphatic rings. The predicted octanol–water partition coefficient (Wildman–Crippen LogP) is 22.3. The monoisotopic (exact) mass is 1550 g/mol. The van der Waals surface area contributed by atoms with Crippen LogP contribution in [0.4, 0.5) is 0 Å². The van der Waals surface area contributed by atoms with Gasteiger partial charge in [-0.15, -0.1) is 0 Å². The SMILES string of the molecule is CC(C)c1ccc(C(=O)CC2CCC(Oc3ccc(C#N)c(Cl)c3)CC2)cc1.CC(C)c1ccc(C(=O)CC2CCC(Oc3ccc(C#N)c(Cl)c3)CC2)cn1.CC(C)c1cnc(C(=O)CC2CCC(Oc3ccc(C#N)c(Cl)c3)CC2)nc1.Cc1ccc(C(=O)NC2C(C)(C)C(Oc3ccc(C#N)cc3)C2(C)C)cc1. The van der Waals surface area contributed by atoms with Gasteiger partial charge in [0, 0.05) is 95.3 Å². The quantitative estimate of drug-likeness (QED) is 0.0619. The Morgan fingerprint density at radius 3 is 1.19 bits per heavy atom. The first-order valence-corrected chi connectivity index (χ1v) is 39.8. The Bertz CT molecular complexity index is 4280. The Labute approximate surface area is 670 Å². The van der Waals surface area contributed by atoms with Crippen LogP contribution in [-0.2, 0) is 0 Å². The number of hydrogen-bond donors (Lipinski definition) is 1. The summed E-state index contributed by atoms with van der Waals surface area (Å²) in [6.07, 6.45) is 18.5. The molecule has 16 nitrogen and oxygen atoms in total. The second-order valence-corrected chi connectivity index (χ2v) is 33.1. The van der Waals surface area contributed by atoms with Crippen LogP contribution in [0.2, 0.25) is 15.1 Å². The molecule has 0 bridgehead atoms. The summed E-state index contributed by atoms with van der Waals surface area (Å²) in [5.74, 6) is 5.84. The first-order valence-electron chi connectivity index (χ1n) is 38.6. The second-order valence-electron chi connectivity index (χ2n) is 31.9. The molecule has 111 heavy (non-hydrogen) atoms. The third kappa shape index (κ3) is 23.8. The van der Waals surface area contributed by atoms with Crippen LogP contribution in [-0.4, -0.2) is 68.7 Å². The van der Waals surface area contributed by atoms with Crippen molar-refractivity contribution in [1.82, 2.24) is 20.3 Å². The summed E-state index contributed by atoms with van der Waals surface area (Å²) in [6.45, 7) is 23.1. The van der Waals surface area contributed by atoms with Crippen molar-refractivity contribution in [2.24, 2.45) is 28.6 Å². The van der Waals surface area contributed by atoms with Gasteiger partial charge in [-0.1, -0.05) is 146 Å². The summed E-state index contributed by atoms with van der Waals surface area (Å²) in [6, 6.07) is 50.4. The Hall–Kier alpha value is -9.94. The lowest BCUT2D eigenvalue weighted by molar-refractivity contribution is -0.164. The number of ether oxygens (including phenoxy) is 4. The van der Waals surface area contributed by atoms with Gasteiger partial charge in [-0.25, -0.2) is 9.97 Å². The minimum atomic E-state index is -0.224. The second kappa shape index (κ2) is 39.8. The van der Waals surface area contributed by atoms with E-state index in [9.17, 15) is 19.2 Å². The van der Waals surface area contributed by atoms with E-state index < -0.39 is 0 Å². The number of pyridine rings is 1. The number of nitrogens with one attached hydrogen (secondary N) is 1. The summed E-state index contributed by atoms with van der Waals surface area (Å²) >= 11 is 18.2. The average molecular weight is 1550 g/mol. The van der Waals surface area contributed by atoms with Gasteiger partial charge in [0.25, 0.3) is 5.91 Å². The van der Waals surface area contributed by atoms with E-state index in [-0.39, 0.29) is 64.5 Å². The number of carbonyl (C=O) groups is 4. The Kier molecular flexibility index (Phi) is 30.5. The number of amides is 1. The molecule has 578 valence electrons. The molecule has 4 saturated carbocycles. The molecule has 2 aromatic heterocycles. The standard InChI is InChI=1S/C24H26ClNO2.C23H25ClN2O2.C23H26N2O2.C22H24ClN3O2/c1-16(2)18-5-7-19(8-6-18)24(27)13-17-3-10-21(11-4-17)28-22-12-9-20(15-26)23(25)14-22;1-15(2)22-10-6-18(14-26-22)23(27)11-16-3-7-19(8-4-16)28-20-9-5-17(13-25)21(24)12-20;1-15-6-10-17(11-7-15)19(26)25-20-22(2,3)21(23(20,4)5)27-18-12-8-16(14-24)9-13-18;1-14(2)17-12-25-22(26-13-17)21(27)9-15-3-6-18(7-4-15)28-19-8-5-16(11-24)20(23)10-19/h5-9,12,14,16-17,21H,3-4,10-11,13H2,1-2H3;5-6,9-10,12,14-16,19H,3-4,7-8,11H2,1-2H3;6-13,20-21H,1-5H3,(H,25,26);5,8,10,12-15,18H,3-4,6-7,9H2,1-2H3. The van der Waals surface area contributed by atoms with E-state index in [0.29, 0.717) is 126 Å². The van der Waals surface area contributed by atoms with E-state index in [4.69, 9.17) is 74.8 Å². The molecule has 1 N–H and O–H groups in total. The lowest BCUT2D eigenvalue weighted by atomic mass is 9.49. The summed E-state index contributed by atoms with van der Waals surface area (Å²) < 4.78 is 24.3. The molecule has 12 rings (SSSR count). The highest BCUT2D eigenvalue weighted by molar-refractivity contribution is 6.32. The van der Waals surface area contributed by atoms with Crippen LogP contribution in [0.25, 0.3) is 0 Å². The maximum atomic E-state index is 12.7. The van der Waals surface area contributed by atoms with Gasteiger partial charge in [-0.3, -0.25) is 24.2 Å². The molecule has 0 aliphatic heterocycles. The molecule has 8 aromatic rings. The fourth-order valence-electron chi connectivity index (χ4n) is 15.2. The number of benzene rings is 6. The lowest BCUT2D eigenvalue weighted by Crippen LogP contribution is -2.74. The van der Waals surface area contributed by atoms with Crippen molar-refractivity contribution in [3.05, 3.63) is 240 Å². The van der Waals surface area contributed by atoms with Crippen LogP contribution < -0.4 is 24.3 Å². The lowest BCUT2D eigenvalue weighted by Gasteiger charge is -2.63. The molecular weight excluding hydrogens is 1450 g/mol. The highest BCUT2D eigenvalue weighted by atomic mass is 35.5. The Balaban J connectivity index is 0.000000170. The van der Waals surface area contributed by atoms with E-state index >= 15 is 0 Å². The highest BCUT2D eigenvalue weighted by Crippen LogP contribution is 2.56. The molecule has 0 radical (unpaired) electrons. The van der Waals surface area contributed by atoms with Crippen molar-refractivity contribution in [2.45, 2.75) is 221 Å². The zero-order valence-electron chi connectivity index (χ0n) is 65.5. The minimum absolute atomic E-state index is 0.0119. The van der Waals surface area contributed by atoms with E-state index in [1.165, 1.54) is 5.56 Å². The highest BCUT2D eigenvalue weighted by Gasteiger charge is 2.64. The van der Waals surface area contributed by atoms with Crippen molar-refractivity contribution >= 4 is 58.1 Å². The molecule has 0 saturated heterocycles. The van der Waals surface area contributed by atoms with Crippen molar-refractivity contribution in [3.8, 4) is 47.3 Å². The third-order valence-electron chi connectivity index (χ3n) is 21.7. The van der Waals surface area contributed by atoms with Gasteiger partial charge in [0.15, 0.2) is 23.2 Å². The molecule has 1 amide bonds. The number of aromatic nitrogens is 3. The van der Waals surface area contributed by atoms with Crippen molar-refractivity contribution in [1.29, 1.82) is 21.0 Å². The molecule has 4 aliphatic carbocycles. The maximum absolute atomic E-state index is 12.7. The fourth-order valence-corrected chi connectivity index (χ4v) is 15.9. The largest absolute Gasteiger partial charge is 0.490 e. The number of aryl methyl sites for hydroxylation is 1. The Morgan fingerprint density at radius 1 is 0.432 bits per heavy atom. The average Bonchev–Trinajstić information content (AvgIpc) is 0.707. The number of nitrogens with zero attached hydrogens (tertiary/aromatic N) is 7. The number of carbonyl (C=O) groups excluding carboxylic acids is 4. The smallest absolute Gasteiger partial charge is 0.251 e. The van der Waals surface area contributed by atoms with Gasteiger partial charge < -0.3 is 24.3 Å². The van der Waals surface area contributed by atoms with Crippen LogP contribution in [0.1, 0.15) is 270 Å². The van der Waals surface area contributed by atoms with E-state index in [0.717, 1.165) is 105 Å². The topological polar surface area (TPSA) is 251 Å². The van der Waals surface area contributed by atoms with E-state index in [1.807, 2.05) is 79.7 Å². The third-order valence-corrected chi connectivity index (χ3v) is 22.7.